The van der Waals surface area contributed by atoms with Crippen molar-refractivity contribution in [1.29, 1.82) is 0 Å². The monoisotopic (exact) mass is 970 g/mol. The van der Waals surface area contributed by atoms with E-state index in [0.717, 1.165) is 51.4 Å². The van der Waals surface area contributed by atoms with E-state index in [1.165, 1.54) is 244 Å². The molecule has 69 heavy (non-hydrogen) atoms. The second-order valence-corrected chi connectivity index (χ2v) is 21.0. The Kier molecular flexibility index (Phi) is 57.0. The van der Waals surface area contributed by atoms with Crippen LogP contribution in [0.3, 0.4) is 0 Å². The molecule has 406 valence electrons. The van der Waals surface area contributed by atoms with Crippen molar-refractivity contribution in [2.24, 2.45) is 0 Å². The number of aliphatic hydroxyl groups excluding tert-OH is 2. The van der Waals surface area contributed by atoms with Crippen LogP contribution in [0.5, 0.6) is 0 Å². The zero-order valence-corrected chi connectivity index (χ0v) is 46.3. The lowest BCUT2D eigenvalue weighted by Crippen LogP contribution is -2.45. The number of esters is 1. The van der Waals surface area contributed by atoms with Gasteiger partial charge in [-0.25, -0.2) is 0 Å². The van der Waals surface area contributed by atoms with Gasteiger partial charge in [-0.15, -0.1) is 0 Å². The summed E-state index contributed by atoms with van der Waals surface area (Å²) in [7, 11) is 0. The van der Waals surface area contributed by atoms with E-state index in [9.17, 15) is 19.8 Å². The van der Waals surface area contributed by atoms with Gasteiger partial charge in [0.15, 0.2) is 0 Å². The molecule has 0 heterocycles. The third-order valence-corrected chi connectivity index (χ3v) is 14.2. The van der Waals surface area contributed by atoms with Crippen molar-refractivity contribution in [3.05, 3.63) is 36.5 Å². The third kappa shape index (κ3) is 55.2. The molecular formula is C63H119NO5. The Morgan fingerprint density at radius 1 is 0.406 bits per heavy atom. The zero-order chi connectivity index (χ0) is 50.0. The number of hydrogen-bond donors (Lipinski definition) is 3. The van der Waals surface area contributed by atoms with Gasteiger partial charge in [-0.1, -0.05) is 269 Å². The molecule has 0 aliphatic carbocycles. The molecule has 0 aromatic heterocycles. The lowest BCUT2D eigenvalue weighted by molar-refractivity contribution is -0.143. The van der Waals surface area contributed by atoms with E-state index < -0.39 is 12.1 Å². The Morgan fingerprint density at radius 2 is 0.725 bits per heavy atom. The van der Waals surface area contributed by atoms with E-state index in [0.29, 0.717) is 25.9 Å². The van der Waals surface area contributed by atoms with E-state index in [2.05, 4.69) is 55.6 Å². The summed E-state index contributed by atoms with van der Waals surface area (Å²) in [5, 5.41) is 23.2. The molecule has 6 heteroatoms. The molecular weight excluding hydrogens is 851 g/mol. The molecule has 6 nitrogen and oxygen atoms in total. The first-order valence-electron chi connectivity index (χ1n) is 30.7. The van der Waals surface area contributed by atoms with Crippen LogP contribution in [0.15, 0.2) is 36.5 Å². The number of carbonyl (C=O) groups is 2. The molecule has 0 saturated carbocycles. The summed E-state index contributed by atoms with van der Waals surface area (Å²) in [5.74, 6) is -0.0396. The first kappa shape index (κ1) is 67.1. The van der Waals surface area contributed by atoms with Gasteiger partial charge in [0.25, 0.3) is 0 Å². The summed E-state index contributed by atoms with van der Waals surface area (Å²) >= 11 is 0. The normalized spacial score (nSPS) is 12.8. The van der Waals surface area contributed by atoms with Crippen molar-refractivity contribution >= 4 is 11.9 Å². The lowest BCUT2D eigenvalue weighted by atomic mass is 10.0. The second-order valence-electron chi connectivity index (χ2n) is 21.0. The Bertz CT molecular complexity index is 1120. The Labute approximate surface area is 430 Å². The van der Waals surface area contributed by atoms with Gasteiger partial charge in [0.05, 0.1) is 25.4 Å². The minimum Gasteiger partial charge on any atom is -0.466 e. The van der Waals surface area contributed by atoms with Crippen LogP contribution in [-0.2, 0) is 14.3 Å². The van der Waals surface area contributed by atoms with Crippen LogP contribution in [0.2, 0.25) is 0 Å². The number of carbonyl (C=O) groups excluding carboxylic acids is 2. The van der Waals surface area contributed by atoms with Gasteiger partial charge in [0, 0.05) is 12.8 Å². The smallest absolute Gasteiger partial charge is 0.305 e. The number of aliphatic hydroxyl groups is 2. The number of nitrogens with one attached hydrogen (secondary N) is 1. The number of hydrogen-bond acceptors (Lipinski definition) is 5. The van der Waals surface area contributed by atoms with Crippen LogP contribution in [0.1, 0.15) is 328 Å². The van der Waals surface area contributed by atoms with E-state index in [1.807, 2.05) is 0 Å². The molecule has 0 aliphatic heterocycles. The first-order valence-corrected chi connectivity index (χ1v) is 30.7. The Hall–Kier alpha value is -1.92. The highest BCUT2D eigenvalue weighted by Gasteiger charge is 2.20. The molecule has 0 aromatic carbocycles. The van der Waals surface area contributed by atoms with Crippen molar-refractivity contribution in [3.63, 3.8) is 0 Å². The number of rotatable bonds is 57. The second kappa shape index (κ2) is 58.6. The fourth-order valence-electron chi connectivity index (χ4n) is 9.43. The zero-order valence-electron chi connectivity index (χ0n) is 46.3. The molecule has 0 spiro atoms. The summed E-state index contributed by atoms with van der Waals surface area (Å²) < 4.78 is 5.49. The molecule has 0 saturated heterocycles. The molecule has 0 aromatic rings. The lowest BCUT2D eigenvalue weighted by Gasteiger charge is -2.22. The molecule has 0 rings (SSSR count). The quantitative estimate of drug-likeness (QED) is 0.0321. The summed E-state index contributed by atoms with van der Waals surface area (Å²) in [6.45, 7) is 4.93. The maximum atomic E-state index is 12.5. The van der Waals surface area contributed by atoms with Gasteiger partial charge in [-0.3, -0.25) is 9.59 Å². The number of unbranched alkanes of at least 4 members (excludes halogenated alkanes) is 40. The highest BCUT2D eigenvalue weighted by molar-refractivity contribution is 5.76. The van der Waals surface area contributed by atoms with E-state index in [-0.39, 0.29) is 18.5 Å². The number of amides is 1. The van der Waals surface area contributed by atoms with Gasteiger partial charge in [-0.2, -0.15) is 0 Å². The summed E-state index contributed by atoms with van der Waals surface area (Å²) in [6.07, 6.45) is 72.9. The predicted octanol–water partition coefficient (Wildman–Crippen LogP) is 19.2. The van der Waals surface area contributed by atoms with Gasteiger partial charge in [-0.05, 0) is 83.5 Å². The standard InChI is InChI=1S/C63H119NO5/c1-3-5-7-9-11-13-15-17-18-19-27-30-33-37-41-45-49-53-57-63(68)69-58-54-50-46-42-38-34-31-28-25-23-21-20-22-24-26-29-32-36-40-44-48-52-56-62(67)64-60(59-65)61(66)55-51-47-43-39-35-16-14-12-10-8-6-4-2/h13,15,18-19,22,24,60-61,65-66H,3-12,14,16-17,20-21,23,25-59H2,1-2H3,(H,64,67)/b15-13-,19-18-,24-22-. The fourth-order valence-corrected chi connectivity index (χ4v) is 9.43. The van der Waals surface area contributed by atoms with Gasteiger partial charge < -0.3 is 20.3 Å². The summed E-state index contributed by atoms with van der Waals surface area (Å²) in [6, 6.07) is -0.546. The first-order chi connectivity index (χ1) is 34.0. The molecule has 3 N–H and O–H groups in total. The molecule has 2 atom stereocenters. The molecule has 0 aliphatic rings. The van der Waals surface area contributed by atoms with E-state index in [1.54, 1.807) is 0 Å². The largest absolute Gasteiger partial charge is 0.466 e. The minimum atomic E-state index is -0.668. The van der Waals surface area contributed by atoms with Crippen LogP contribution in [0.25, 0.3) is 0 Å². The van der Waals surface area contributed by atoms with Crippen molar-refractivity contribution in [1.82, 2.24) is 5.32 Å². The third-order valence-electron chi connectivity index (χ3n) is 14.2. The molecule has 0 fully saturated rings. The summed E-state index contributed by atoms with van der Waals surface area (Å²) in [4.78, 5) is 24.5. The molecule has 2 unspecified atom stereocenters. The van der Waals surface area contributed by atoms with E-state index >= 15 is 0 Å². The van der Waals surface area contributed by atoms with Crippen LogP contribution in [0.4, 0.5) is 0 Å². The molecule has 0 bridgehead atoms. The van der Waals surface area contributed by atoms with Crippen molar-refractivity contribution in [2.75, 3.05) is 13.2 Å². The average Bonchev–Trinajstić information content (AvgIpc) is 3.35. The van der Waals surface area contributed by atoms with Crippen LogP contribution in [0, 0.1) is 0 Å². The van der Waals surface area contributed by atoms with Crippen LogP contribution in [-0.4, -0.2) is 47.4 Å². The van der Waals surface area contributed by atoms with Crippen molar-refractivity contribution < 1.29 is 24.5 Å². The van der Waals surface area contributed by atoms with E-state index in [4.69, 9.17) is 4.74 Å². The Morgan fingerprint density at radius 3 is 1.13 bits per heavy atom. The van der Waals surface area contributed by atoms with Gasteiger partial charge in [0.2, 0.25) is 5.91 Å². The predicted molar refractivity (Wildman–Crippen MR) is 301 cm³/mol. The van der Waals surface area contributed by atoms with Crippen molar-refractivity contribution in [2.45, 2.75) is 341 Å². The minimum absolute atomic E-state index is 0.00261. The number of allylic oxidation sites excluding steroid dienone is 6. The number of ether oxygens (including phenoxy) is 1. The van der Waals surface area contributed by atoms with Crippen molar-refractivity contribution in [3.8, 4) is 0 Å². The molecule has 1 amide bonds. The molecule has 0 radical (unpaired) electrons. The highest BCUT2D eigenvalue weighted by atomic mass is 16.5. The van der Waals surface area contributed by atoms with Gasteiger partial charge >= 0.3 is 5.97 Å². The SMILES string of the molecule is CCCCCC/C=C\C/C=C\CCCCCCCCCC(=O)OCCCCCCCCCCCCC/C=C\CCCCCCCCCC(=O)NC(CO)C(O)CCCCCCCCCCCCCC. The maximum absolute atomic E-state index is 12.5. The summed E-state index contributed by atoms with van der Waals surface area (Å²) in [5.41, 5.74) is 0. The average molecular weight is 971 g/mol. The van der Waals surface area contributed by atoms with Crippen LogP contribution < -0.4 is 5.32 Å². The highest BCUT2D eigenvalue weighted by Crippen LogP contribution is 2.17. The Balaban J connectivity index is 3.40. The fraction of sp³-hybridized carbons (Fsp3) is 0.873. The van der Waals surface area contributed by atoms with Gasteiger partial charge in [0.1, 0.15) is 0 Å². The topological polar surface area (TPSA) is 95.9 Å². The van der Waals surface area contributed by atoms with Crippen LogP contribution >= 0.6 is 0 Å². The maximum Gasteiger partial charge on any atom is 0.305 e.